The molecule has 0 saturated carbocycles. The minimum atomic E-state index is -0.772. The largest absolute Gasteiger partial charge is 0.462 e. The van der Waals surface area contributed by atoms with Gasteiger partial charge < -0.3 is 14.6 Å². The number of hydrogen-bond acceptors (Lipinski definition) is 5. The van der Waals surface area contributed by atoms with Gasteiger partial charge in [-0.15, -0.1) is 0 Å². The number of carbonyl (C=O) groups excluding carboxylic acids is 2. The number of carbonyl (C=O) groups is 2. The summed E-state index contributed by atoms with van der Waals surface area (Å²) in [6, 6.07) is 0. The molecule has 0 aromatic rings. The highest BCUT2D eigenvalue weighted by atomic mass is 16.6. The molecule has 0 bridgehead atoms. The van der Waals surface area contributed by atoms with E-state index in [-0.39, 0.29) is 25.2 Å². The van der Waals surface area contributed by atoms with Gasteiger partial charge in [-0.3, -0.25) is 9.59 Å². The molecule has 5 heteroatoms. The number of aliphatic hydroxyl groups excluding tert-OH is 1. The van der Waals surface area contributed by atoms with E-state index in [0.717, 1.165) is 51.4 Å². The van der Waals surface area contributed by atoms with Crippen LogP contribution in [-0.2, 0) is 19.1 Å². The van der Waals surface area contributed by atoms with Gasteiger partial charge in [0.1, 0.15) is 6.61 Å². The van der Waals surface area contributed by atoms with Crippen LogP contribution in [0, 0.1) is 0 Å². The Morgan fingerprint density at radius 2 is 1.03 bits per heavy atom. The average Bonchev–Trinajstić information content (AvgIpc) is 2.88. The lowest BCUT2D eigenvalue weighted by Gasteiger charge is -2.15. The maximum atomic E-state index is 12.0. The zero-order valence-electron chi connectivity index (χ0n) is 23.5. The molecule has 0 radical (unpaired) electrons. The van der Waals surface area contributed by atoms with Crippen molar-refractivity contribution in [2.24, 2.45) is 0 Å². The van der Waals surface area contributed by atoms with E-state index in [2.05, 4.69) is 38.2 Å². The first-order chi connectivity index (χ1) is 17.6. The lowest BCUT2D eigenvalue weighted by molar-refractivity contribution is -0.161. The fourth-order valence-corrected chi connectivity index (χ4v) is 3.87. The molecular weight excluding hydrogens is 452 g/mol. The quantitative estimate of drug-likeness (QED) is 0.0721. The smallest absolute Gasteiger partial charge is 0.306 e. The first kappa shape index (κ1) is 34.4. The zero-order chi connectivity index (χ0) is 26.5. The highest BCUT2D eigenvalue weighted by Gasteiger charge is 2.16. The summed E-state index contributed by atoms with van der Waals surface area (Å²) in [6.07, 6.45) is 29.4. The van der Waals surface area contributed by atoms with E-state index in [9.17, 15) is 14.7 Å². The van der Waals surface area contributed by atoms with Crippen molar-refractivity contribution in [1.82, 2.24) is 0 Å². The van der Waals surface area contributed by atoms with Crippen molar-refractivity contribution < 1.29 is 24.2 Å². The van der Waals surface area contributed by atoms with Crippen LogP contribution in [0.5, 0.6) is 0 Å². The SMILES string of the molecule is CCCC/C=C/CCCCCCCC(=O)OC[C@H](CO)OC(=O)CCCCCCC/C=C/CCCC. The molecule has 0 aromatic carbocycles. The molecule has 0 fully saturated rings. The Balaban J connectivity index is 3.64. The Kier molecular flexibility index (Phi) is 26.7. The molecule has 0 rings (SSSR count). The summed E-state index contributed by atoms with van der Waals surface area (Å²) in [6.45, 7) is 4.01. The van der Waals surface area contributed by atoms with Gasteiger partial charge in [-0.25, -0.2) is 0 Å². The van der Waals surface area contributed by atoms with E-state index in [1.807, 2.05) is 0 Å². The molecule has 0 amide bonds. The molecule has 0 aliphatic heterocycles. The van der Waals surface area contributed by atoms with Crippen LogP contribution in [0.25, 0.3) is 0 Å². The third kappa shape index (κ3) is 25.5. The van der Waals surface area contributed by atoms with E-state index in [1.54, 1.807) is 0 Å². The minimum Gasteiger partial charge on any atom is -0.462 e. The van der Waals surface area contributed by atoms with Crippen molar-refractivity contribution in [3.05, 3.63) is 24.3 Å². The molecule has 1 N–H and O–H groups in total. The molecule has 36 heavy (non-hydrogen) atoms. The van der Waals surface area contributed by atoms with Crippen molar-refractivity contribution in [3.8, 4) is 0 Å². The number of ether oxygens (including phenoxy) is 2. The summed E-state index contributed by atoms with van der Waals surface area (Å²) in [5, 5.41) is 9.45. The second-order valence-electron chi connectivity index (χ2n) is 9.82. The number of unbranched alkanes of at least 4 members (excludes halogenated alkanes) is 14. The van der Waals surface area contributed by atoms with Crippen molar-refractivity contribution >= 4 is 11.9 Å². The van der Waals surface area contributed by atoms with Crippen molar-refractivity contribution in [3.63, 3.8) is 0 Å². The van der Waals surface area contributed by atoms with Crippen molar-refractivity contribution in [2.45, 2.75) is 148 Å². The van der Waals surface area contributed by atoms with Gasteiger partial charge in [-0.2, -0.15) is 0 Å². The summed E-state index contributed by atoms with van der Waals surface area (Å²) < 4.78 is 10.5. The Labute approximate surface area is 222 Å². The van der Waals surface area contributed by atoms with Gasteiger partial charge in [0.2, 0.25) is 0 Å². The normalized spacial score (nSPS) is 12.4. The third-order valence-corrected chi connectivity index (χ3v) is 6.22. The number of esters is 2. The summed E-state index contributed by atoms with van der Waals surface area (Å²) in [5.74, 6) is -0.618. The van der Waals surface area contributed by atoms with Crippen LogP contribution < -0.4 is 0 Å². The average molecular weight is 509 g/mol. The van der Waals surface area contributed by atoms with Crippen LogP contribution in [-0.4, -0.2) is 36.4 Å². The van der Waals surface area contributed by atoms with Gasteiger partial charge in [-0.05, 0) is 51.4 Å². The molecule has 5 nitrogen and oxygen atoms in total. The number of allylic oxidation sites excluding steroid dienone is 4. The van der Waals surface area contributed by atoms with E-state index < -0.39 is 6.10 Å². The van der Waals surface area contributed by atoms with Crippen LogP contribution >= 0.6 is 0 Å². The highest BCUT2D eigenvalue weighted by molar-refractivity contribution is 5.70. The fourth-order valence-electron chi connectivity index (χ4n) is 3.87. The van der Waals surface area contributed by atoms with Gasteiger partial charge in [0.25, 0.3) is 0 Å². The van der Waals surface area contributed by atoms with Crippen molar-refractivity contribution in [2.75, 3.05) is 13.2 Å². The van der Waals surface area contributed by atoms with Gasteiger partial charge in [0.15, 0.2) is 6.10 Å². The van der Waals surface area contributed by atoms with E-state index in [4.69, 9.17) is 9.47 Å². The molecule has 0 aromatic heterocycles. The second kappa shape index (κ2) is 28.0. The summed E-state index contributed by atoms with van der Waals surface area (Å²) in [4.78, 5) is 24.0. The molecule has 0 saturated heterocycles. The Morgan fingerprint density at radius 1 is 0.611 bits per heavy atom. The Hall–Kier alpha value is -1.62. The topological polar surface area (TPSA) is 72.8 Å². The van der Waals surface area contributed by atoms with Gasteiger partial charge in [0.05, 0.1) is 6.61 Å². The fraction of sp³-hybridized carbons (Fsp3) is 0.806. The zero-order valence-corrected chi connectivity index (χ0v) is 23.5. The number of rotatable bonds is 26. The number of aliphatic hydroxyl groups is 1. The monoisotopic (exact) mass is 508 g/mol. The summed E-state index contributed by atoms with van der Waals surface area (Å²) in [7, 11) is 0. The first-order valence-corrected chi connectivity index (χ1v) is 14.9. The van der Waals surface area contributed by atoms with Gasteiger partial charge in [-0.1, -0.05) is 102 Å². The summed E-state index contributed by atoms with van der Waals surface area (Å²) >= 11 is 0. The molecule has 210 valence electrons. The Morgan fingerprint density at radius 3 is 1.50 bits per heavy atom. The third-order valence-electron chi connectivity index (χ3n) is 6.22. The number of hydrogen-bond donors (Lipinski definition) is 1. The summed E-state index contributed by atoms with van der Waals surface area (Å²) in [5.41, 5.74) is 0. The van der Waals surface area contributed by atoms with E-state index in [0.29, 0.717) is 12.8 Å². The minimum absolute atomic E-state index is 0.0722. The van der Waals surface area contributed by atoms with Crippen LogP contribution in [0.15, 0.2) is 24.3 Å². The molecule has 0 aliphatic carbocycles. The molecule has 0 unspecified atom stereocenters. The van der Waals surface area contributed by atoms with Crippen LogP contribution in [0.4, 0.5) is 0 Å². The van der Waals surface area contributed by atoms with Crippen LogP contribution in [0.1, 0.15) is 142 Å². The maximum Gasteiger partial charge on any atom is 0.306 e. The van der Waals surface area contributed by atoms with Crippen LogP contribution in [0.3, 0.4) is 0 Å². The molecule has 1 atom stereocenters. The molecular formula is C31H56O5. The van der Waals surface area contributed by atoms with Gasteiger partial charge in [0, 0.05) is 12.8 Å². The molecule has 0 spiro atoms. The first-order valence-electron chi connectivity index (χ1n) is 14.9. The predicted molar refractivity (Wildman–Crippen MR) is 150 cm³/mol. The maximum absolute atomic E-state index is 12.0. The van der Waals surface area contributed by atoms with E-state index in [1.165, 1.54) is 64.2 Å². The standard InChI is InChI=1S/C31H56O5/c1-3-5-7-9-11-13-15-17-19-21-23-25-30(33)35-28-29(27-32)36-31(34)26-24-22-20-18-16-14-12-10-8-6-4-2/h9-12,29,32H,3-8,13-28H2,1-2H3/b11-9+,12-10+/t29-/m0/s1. The lowest BCUT2D eigenvalue weighted by Crippen LogP contribution is -2.28. The lowest BCUT2D eigenvalue weighted by atomic mass is 10.1. The van der Waals surface area contributed by atoms with Gasteiger partial charge >= 0.3 is 11.9 Å². The Bertz CT molecular complexity index is 555. The second-order valence-corrected chi connectivity index (χ2v) is 9.82. The van der Waals surface area contributed by atoms with E-state index >= 15 is 0 Å². The van der Waals surface area contributed by atoms with Crippen LogP contribution in [0.2, 0.25) is 0 Å². The van der Waals surface area contributed by atoms with Crippen molar-refractivity contribution in [1.29, 1.82) is 0 Å². The predicted octanol–water partition coefficient (Wildman–Crippen LogP) is 8.39. The molecule has 0 aliphatic rings. The highest BCUT2D eigenvalue weighted by Crippen LogP contribution is 2.11. The molecule has 0 heterocycles.